The molecule has 0 saturated carbocycles. The first kappa shape index (κ1) is 8.00. The van der Waals surface area contributed by atoms with Crippen molar-refractivity contribution in [2.75, 3.05) is 13.1 Å². The van der Waals surface area contributed by atoms with Crippen LogP contribution in [0, 0.1) is 0 Å². The summed E-state index contributed by atoms with van der Waals surface area (Å²) in [6.07, 6.45) is 0.498. The van der Waals surface area contributed by atoms with Crippen LogP contribution < -0.4 is 16.4 Å². The summed E-state index contributed by atoms with van der Waals surface area (Å²) in [6.45, 7) is 0.484. The van der Waals surface area contributed by atoms with Crippen molar-refractivity contribution in [3.05, 3.63) is 0 Å². The molecule has 0 aromatic rings. The highest BCUT2D eigenvalue weighted by Gasteiger charge is 2.24. The summed E-state index contributed by atoms with van der Waals surface area (Å²) in [5.41, 5.74) is 5.24. The second-order valence-corrected chi connectivity index (χ2v) is 2.42. The molecule has 5 nitrogen and oxygen atoms in total. The molecule has 0 aromatic heterocycles. The quantitative estimate of drug-likeness (QED) is 0.431. The van der Waals surface area contributed by atoms with Crippen molar-refractivity contribution in [2.45, 2.75) is 12.5 Å². The van der Waals surface area contributed by atoms with E-state index in [1.165, 1.54) is 0 Å². The molecule has 1 atom stereocenters. The molecular weight excluding hydrogens is 146 g/mol. The number of amides is 2. The van der Waals surface area contributed by atoms with E-state index in [9.17, 15) is 9.59 Å². The number of hydrogen-bond acceptors (Lipinski definition) is 3. The highest BCUT2D eigenvalue weighted by atomic mass is 16.2. The van der Waals surface area contributed by atoms with Gasteiger partial charge in [-0.05, 0) is 13.0 Å². The average molecular weight is 157 g/mol. The van der Waals surface area contributed by atoms with Crippen molar-refractivity contribution >= 4 is 11.8 Å². The van der Waals surface area contributed by atoms with Crippen LogP contribution >= 0.6 is 0 Å². The lowest BCUT2D eigenvalue weighted by atomic mass is 10.1. The van der Waals surface area contributed by atoms with Gasteiger partial charge in [-0.3, -0.25) is 9.59 Å². The summed E-state index contributed by atoms with van der Waals surface area (Å²) in [7, 11) is 0. The van der Waals surface area contributed by atoms with Crippen molar-refractivity contribution in [3.63, 3.8) is 0 Å². The van der Waals surface area contributed by atoms with Gasteiger partial charge in [-0.15, -0.1) is 0 Å². The van der Waals surface area contributed by atoms with Crippen molar-refractivity contribution < 1.29 is 9.59 Å². The third-order valence-corrected chi connectivity index (χ3v) is 1.53. The van der Waals surface area contributed by atoms with Crippen LogP contribution in [0.3, 0.4) is 0 Å². The zero-order chi connectivity index (χ0) is 8.27. The summed E-state index contributed by atoms with van der Waals surface area (Å²) < 4.78 is 0. The van der Waals surface area contributed by atoms with Gasteiger partial charge in [-0.1, -0.05) is 0 Å². The van der Waals surface area contributed by atoms with E-state index in [2.05, 4.69) is 10.6 Å². The molecule has 4 N–H and O–H groups in total. The van der Waals surface area contributed by atoms with Gasteiger partial charge in [-0.2, -0.15) is 0 Å². The van der Waals surface area contributed by atoms with E-state index >= 15 is 0 Å². The fourth-order valence-electron chi connectivity index (χ4n) is 0.971. The van der Waals surface area contributed by atoms with Gasteiger partial charge in [0.25, 0.3) is 0 Å². The molecule has 1 aliphatic heterocycles. The lowest BCUT2D eigenvalue weighted by molar-refractivity contribution is -0.133. The van der Waals surface area contributed by atoms with Crippen LogP contribution in [0.2, 0.25) is 0 Å². The van der Waals surface area contributed by atoms with E-state index in [0.717, 1.165) is 0 Å². The van der Waals surface area contributed by atoms with Gasteiger partial charge in [0.2, 0.25) is 11.8 Å². The van der Waals surface area contributed by atoms with E-state index in [4.69, 9.17) is 5.73 Å². The fourth-order valence-corrected chi connectivity index (χ4v) is 0.971. The van der Waals surface area contributed by atoms with E-state index < -0.39 is 6.04 Å². The largest absolute Gasteiger partial charge is 0.345 e. The van der Waals surface area contributed by atoms with E-state index in [-0.39, 0.29) is 18.4 Å². The summed E-state index contributed by atoms with van der Waals surface area (Å²) in [5.74, 6) is -0.293. The number of carbonyl (C=O) groups is 2. The zero-order valence-electron chi connectivity index (χ0n) is 6.09. The molecular formula is C6H11N3O2. The second kappa shape index (κ2) is 3.34. The van der Waals surface area contributed by atoms with Crippen LogP contribution in [-0.2, 0) is 9.59 Å². The first-order chi connectivity index (χ1) is 5.24. The molecule has 5 heteroatoms. The SMILES string of the molecule is NCCC1NC(=O)CNC1=O. The van der Waals surface area contributed by atoms with Crippen LogP contribution in [0.1, 0.15) is 6.42 Å². The van der Waals surface area contributed by atoms with Crippen LogP contribution in [-0.4, -0.2) is 30.9 Å². The van der Waals surface area contributed by atoms with E-state index in [1.807, 2.05) is 0 Å². The maximum Gasteiger partial charge on any atom is 0.243 e. The Morgan fingerprint density at radius 2 is 2.27 bits per heavy atom. The van der Waals surface area contributed by atoms with Crippen LogP contribution in [0.5, 0.6) is 0 Å². The second-order valence-electron chi connectivity index (χ2n) is 2.42. The maximum atomic E-state index is 10.9. The number of carbonyl (C=O) groups excluding carboxylic acids is 2. The van der Waals surface area contributed by atoms with Crippen LogP contribution in [0.25, 0.3) is 0 Å². The molecule has 1 unspecified atom stereocenters. The van der Waals surface area contributed by atoms with Crippen molar-refractivity contribution in [1.82, 2.24) is 10.6 Å². The summed E-state index contributed by atoms with van der Waals surface area (Å²) in [6, 6.07) is -0.429. The number of nitrogens with one attached hydrogen (secondary N) is 2. The van der Waals surface area contributed by atoms with Crippen molar-refractivity contribution in [1.29, 1.82) is 0 Å². The number of nitrogens with two attached hydrogens (primary N) is 1. The van der Waals surface area contributed by atoms with Crippen molar-refractivity contribution in [2.24, 2.45) is 5.73 Å². The van der Waals surface area contributed by atoms with Crippen LogP contribution in [0.15, 0.2) is 0 Å². The highest BCUT2D eigenvalue weighted by molar-refractivity contribution is 5.94. The van der Waals surface area contributed by atoms with Gasteiger partial charge in [0, 0.05) is 0 Å². The molecule has 1 heterocycles. The minimum Gasteiger partial charge on any atom is -0.345 e. The molecule has 1 fully saturated rings. The zero-order valence-corrected chi connectivity index (χ0v) is 6.09. The van der Waals surface area contributed by atoms with Gasteiger partial charge in [-0.25, -0.2) is 0 Å². The molecule has 0 bridgehead atoms. The highest BCUT2D eigenvalue weighted by Crippen LogP contribution is 1.93. The van der Waals surface area contributed by atoms with Gasteiger partial charge < -0.3 is 16.4 Å². The molecule has 1 rings (SSSR count). The summed E-state index contributed by atoms with van der Waals surface area (Å²) in [5, 5.41) is 5.00. The lowest BCUT2D eigenvalue weighted by Gasteiger charge is -2.22. The lowest BCUT2D eigenvalue weighted by Crippen LogP contribution is -2.56. The Balaban J connectivity index is 2.47. The molecule has 1 saturated heterocycles. The third-order valence-electron chi connectivity index (χ3n) is 1.53. The summed E-state index contributed by atoms with van der Waals surface area (Å²) >= 11 is 0. The first-order valence-corrected chi connectivity index (χ1v) is 3.51. The topological polar surface area (TPSA) is 84.2 Å². The molecule has 11 heavy (non-hydrogen) atoms. The van der Waals surface area contributed by atoms with Crippen molar-refractivity contribution in [3.8, 4) is 0 Å². The number of rotatable bonds is 2. The van der Waals surface area contributed by atoms with E-state index in [1.54, 1.807) is 0 Å². The minimum atomic E-state index is -0.429. The van der Waals surface area contributed by atoms with Crippen LogP contribution in [0.4, 0.5) is 0 Å². The van der Waals surface area contributed by atoms with Gasteiger partial charge >= 0.3 is 0 Å². The minimum absolute atomic E-state index is 0.0832. The Hall–Kier alpha value is -1.10. The Morgan fingerprint density at radius 3 is 2.91 bits per heavy atom. The molecule has 2 amide bonds. The smallest absolute Gasteiger partial charge is 0.243 e. The fraction of sp³-hybridized carbons (Fsp3) is 0.667. The number of piperazine rings is 1. The first-order valence-electron chi connectivity index (χ1n) is 3.51. The molecule has 1 aliphatic rings. The van der Waals surface area contributed by atoms with Gasteiger partial charge in [0.15, 0.2) is 0 Å². The van der Waals surface area contributed by atoms with Gasteiger partial charge in [0.1, 0.15) is 6.04 Å². The maximum absolute atomic E-state index is 10.9. The third kappa shape index (κ3) is 1.91. The molecule has 0 aromatic carbocycles. The van der Waals surface area contributed by atoms with E-state index in [0.29, 0.717) is 13.0 Å². The molecule has 0 spiro atoms. The predicted molar refractivity (Wildman–Crippen MR) is 38.6 cm³/mol. The predicted octanol–water partition coefficient (Wildman–Crippen LogP) is -2.05. The van der Waals surface area contributed by atoms with Gasteiger partial charge in [0.05, 0.1) is 6.54 Å². The molecule has 0 radical (unpaired) electrons. The molecule has 62 valence electrons. The monoisotopic (exact) mass is 157 g/mol. The Kier molecular flexibility index (Phi) is 2.43. The average Bonchev–Trinajstić information content (AvgIpc) is 1.98. The Morgan fingerprint density at radius 1 is 1.55 bits per heavy atom. The summed E-state index contributed by atoms with van der Waals surface area (Å²) in [4.78, 5) is 21.7. The molecule has 0 aliphatic carbocycles. The number of hydrogen-bond donors (Lipinski definition) is 3. The normalized spacial score (nSPS) is 24.3. The Labute approximate surface area is 64.3 Å². The standard InChI is InChI=1S/C6H11N3O2/c7-2-1-4-6(11)8-3-5(10)9-4/h4H,1-3,7H2,(H,8,11)(H,9,10). The Bertz CT molecular complexity index is 181.